The number of ether oxygens (including phenoxy) is 2. The Morgan fingerprint density at radius 1 is 1.22 bits per heavy atom. The lowest BCUT2D eigenvalue weighted by molar-refractivity contribution is 0.339. The molecule has 0 fully saturated rings. The zero-order valence-corrected chi connectivity index (χ0v) is 11.3. The van der Waals surface area contributed by atoms with E-state index in [-0.39, 0.29) is 5.95 Å². The number of nitrogens with zero attached hydrogens (tertiary/aromatic N) is 2. The molecule has 1 aromatic carbocycles. The first-order valence-corrected chi connectivity index (χ1v) is 6.17. The summed E-state index contributed by atoms with van der Waals surface area (Å²) in [5, 5.41) is 0. The Kier molecular flexibility index (Phi) is 3.99. The van der Waals surface area contributed by atoms with Crippen molar-refractivity contribution in [1.29, 1.82) is 0 Å². The zero-order chi connectivity index (χ0) is 13.0. The average molecular weight is 310 g/mol. The highest BCUT2D eigenvalue weighted by molar-refractivity contribution is 9.10. The predicted octanol–water partition coefficient (Wildman–Crippen LogP) is 3.01. The average Bonchev–Trinajstić information content (AvgIpc) is 2.37. The number of anilines is 1. The summed E-state index contributed by atoms with van der Waals surface area (Å²) in [6.45, 7) is 2.57. The molecule has 1 heterocycles. The van der Waals surface area contributed by atoms with Crippen molar-refractivity contribution in [2.24, 2.45) is 0 Å². The molecule has 1 aromatic heterocycles. The summed E-state index contributed by atoms with van der Waals surface area (Å²) in [6.07, 6.45) is 1.55. The number of benzene rings is 1. The molecule has 6 heteroatoms. The number of nitrogen functional groups attached to an aromatic ring is 1. The molecule has 0 radical (unpaired) electrons. The van der Waals surface area contributed by atoms with E-state index in [1.54, 1.807) is 18.3 Å². The molecule has 2 aromatic rings. The first-order chi connectivity index (χ1) is 8.69. The number of nitrogens with two attached hydrogens (primary N) is 1. The van der Waals surface area contributed by atoms with Gasteiger partial charge in [0.05, 0.1) is 17.3 Å². The molecule has 0 bridgehead atoms. The van der Waals surface area contributed by atoms with Gasteiger partial charge < -0.3 is 15.2 Å². The van der Waals surface area contributed by atoms with Gasteiger partial charge in [-0.25, -0.2) is 4.98 Å². The van der Waals surface area contributed by atoms with Gasteiger partial charge in [0.15, 0.2) is 0 Å². The second-order valence-corrected chi connectivity index (χ2v) is 4.24. The fraction of sp³-hybridized carbons (Fsp3) is 0.167. The minimum Gasteiger partial charge on any atom is -0.494 e. The quantitative estimate of drug-likeness (QED) is 0.940. The van der Waals surface area contributed by atoms with Crippen LogP contribution in [-0.2, 0) is 0 Å². The molecule has 2 N–H and O–H groups in total. The third kappa shape index (κ3) is 3.10. The van der Waals surface area contributed by atoms with Gasteiger partial charge in [-0.05, 0) is 47.1 Å². The van der Waals surface area contributed by atoms with E-state index in [1.807, 2.05) is 19.1 Å². The lowest BCUT2D eigenvalue weighted by Crippen LogP contribution is -1.97. The molecule has 0 aliphatic rings. The highest BCUT2D eigenvalue weighted by Crippen LogP contribution is 2.28. The van der Waals surface area contributed by atoms with Gasteiger partial charge in [0.25, 0.3) is 0 Å². The Bertz CT molecular complexity index is 531. The fourth-order valence-corrected chi connectivity index (χ4v) is 1.59. The topological polar surface area (TPSA) is 70.3 Å². The molecular weight excluding hydrogens is 298 g/mol. The molecule has 5 nitrogen and oxygen atoms in total. The van der Waals surface area contributed by atoms with Crippen molar-refractivity contribution < 1.29 is 9.47 Å². The highest BCUT2D eigenvalue weighted by Gasteiger charge is 2.06. The van der Waals surface area contributed by atoms with Gasteiger partial charge in [-0.2, -0.15) is 4.98 Å². The predicted molar refractivity (Wildman–Crippen MR) is 71.8 cm³/mol. The van der Waals surface area contributed by atoms with Gasteiger partial charge in [0.1, 0.15) is 11.5 Å². The second-order valence-electron chi connectivity index (χ2n) is 3.39. The van der Waals surface area contributed by atoms with Crippen molar-refractivity contribution in [2.75, 3.05) is 12.3 Å². The molecule has 0 aliphatic heterocycles. The SMILES string of the molecule is CCOc1ccc(Oc2nc(N)ncc2Br)cc1. The maximum atomic E-state index is 5.59. The number of aromatic nitrogens is 2. The number of hydrogen-bond donors (Lipinski definition) is 1. The Morgan fingerprint density at radius 2 is 1.89 bits per heavy atom. The molecule has 0 amide bonds. The summed E-state index contributed by atoms with van der Waals surface area (Å²) < 4.78 is 11.6. The van der Waals surface area contributed by atoms with Crippen molar-refractivity contribution in [3.8, 4) is 17.4 Å². The van der Waals surface area contributed by atoms with Gasteiger partial charge in [-0.3, -0.25) is 0 Å². The first-order valence-electron chi connectivity index (χ1n) is 5.37. The van der Waals surface area contributed by atoms with Crippen LogP contribution < -0.4 is 15.2 Å². The van der Waals surface area contributed by atoms with Crippen LogP contribution in [0.5, 0.6) is 17.4 Å². The standard InChI is InChI=1S/C12H12BrN3O2/c1-2-17-8-3-5-9(6-4-8)18-11-10(13)7-15-12(14)16-11/h3-7H,2H2,1H3,(H2,14,15,16). The largest absolute Gasteiger partial charge is 0.494 e. The summed E-state index contributed by atoms with van der Waals surface area (Å²) >= 11 is 3.30. The summed E-state index contributed by atoms with van der Waals surface area (Å²) in [5.74, 6) is 1.99. The first kappa shape index (κ1) is 12.6. The summed E-state index contributed by atoms with van der Waals surface area (Å²) in [7, 11) is 0. The van der Waals surface area contributed by atoms with E-state index < -0.39 is 0 Å². The minimum atomic E-state index is 0.166. The molecule has 2 rings (SSSR count). The van der Waals surface area contributed by atoms with Crippen LogP contribution in [0, 0.1) is 0 Å². The van der Waals surface area contributed by atoms with Gasteiger partial charge in [0.2, 0.25) is 11.8 Å². The molecule has 0 unspecified atom stereocenters. The van der Waals surface area contributed by atoms with E-state index >= 15 is 0 Å². The van der Waals surface area contributed by atoms with Crippen molar-refractivity contribution in [3.05, 3.63) is 34.9 Å². The summed E-state index contributed by atoms with van der Waals surface area (Å²) in [4.78, 5) is 7.83. The van der Waals surface area contributed by atoms with Crippen LogP contribution in [0.4, 0.5) is 5.95 Å². The molecule has 0 atom stereocenters. The maximum Gasteiger partial charge on any atom is 0.238 e. The van der Waals surface area contributed by atoms with Gasteiger partial charge in [-0.1, -0.05) is 0 Å². The molecule has 0 saturated heterocycles. The van der Waals surface area contributed by atoms with Crippen LogP contribution in [0.2, 0.25) is 0 Å². The zero-order valence-electron chi connectivity index (χ0n) is 9.76. The van der Waals surface area contributed by atoms with Crippen molar-refractivity contribution in [3.63, 3.8) is 0 Å². The van der Waals surface area contributed by atoms with Crippen LogP contribution in [0.3, 0.4) is 0 Å². The van der Waals surface area contributed by atoms with Crippen LogP contribution in [-0.4, -0.2) is 16.6 Å². The van der Waals surface area contributed by atoms with E-state index in [0.717, 1.165) is 5.75 Å². The second kappa shape index (κ2) is 5.68. The van der Waals surface area contributed by atoms with E-state index in [4.69, 9.17) is 15.2 Å². The smallest absolute Gasteiger partial charge is 0.238 e. The Labute approximate surface area is 113 Å². The Balaban J connectivity index is 2.15. The molecule has 0 aliphatic carbocycles. The van der Waals surface area contributed by atoms with Crippen molar-refractivity contribution in [1.82, 2.24) is 9.97 Å². The van der Waals surface area contributed by atoms with Crippen LogP contribution in [0.25, 0.3) is 0 Å². The third-order valence-corrected chi connectivity index (χ3v) is 2.62. The minimum absolute atomic E-state index is 0.166. The van der Waals surface area contributed by atoms with E-state index in [1.165, 1.54) is 0 Å². The van der Waals surface area contributed by atoms with Crippen molar-refractivity contribution in [2.45, 2.75) is 6.92 Å². The normalized spacial score (nSPS) is 10.1. The molecule has 94 valence electrons. The molecule has 18 heavy (non-hydrogen) atoms. The summed E-state index contributed by atoms with van der Waals surface area (Å²) in [5.41, 5.74) is 5.50. The number of rotatable bonds is 4. The van der Waals surface area contributed by atoms with Crippen LogP contribution in [0.1, 0.15) is 6.92 Å². The molecule has 0 saturated carbocycles. The van der Waals surface area contributed by atoms with E-state index in [9.17, 15) is 0 Å². The fourth-order valence-electron chi connectivity index (χ4n) is 1.32. The maximum absolute atomic E-state index is 5.59. The highest BCUT2D eigenvalue weighted by atomic mass is 79.9. The van der Waals surface area contributed by atoms with Crippen molar-refractivity contribution >= 4 is 21.9 Å². The molecular formula is C12H12BrN3O2. The van der Waals surface area contributed by atoms with Crippen LogP contribution >= 0.6 is 15.9 Å². The van der Waals surface area contributed by atoms with E-state index in [2.05, 4.69) is 25.9 Å². The Morgan fingerprint density at radius 3 is 2.56 bits per heavy atom. The van der Waals surface area contributed by atoms with Gasteiger partial charge in [-0.15, -0.1) is 0 Å². The van der Waals surface area contributed by atoms with Crippen LogP contribution in [0.15, 0.2) is 34.9 Å². The van der Waals surface area contributed by atoms with E-state index in [0.29, 0.717) is 22.7 Å². The lowest BCUT2D eigenvalue weighted by Gasteiger charge is -2.08. The van der Waals surface area contributed by atoms with Gasteiger partial charge >= 0.3 is 0 Å². The van der Waals surface area contributed by atoms with Gasteiger partial charge in [0, 0.05) is 0 Å². The number of halogens is 1. The number of hydrogen-bond acceptors (Lipinski definition) is 5. The molecule has 0 spiro atoms. The lowest BCUT2D eigenvalue weighted by atomic mass is 10.3. The summed E-state index contributed by atoms with van der Waals surface area (Å²) in [6, 6.07) is 7.26. The monoisotopic (exact) mass is 309 g/mol. The Hall–Kier alpha value is -1.82. The third-order valence-electron chi connectivity index (χ3n) is 2.08.